The highest BCUT2D eigenvalue weighted by Crippen LogP contribution is 2.35. The molecule has 1 N–H and O–H groups in total. The van der Waals surface area contributed by atoms with Gasteiger partial charge in [-0.15, -0.1) is 0 Å². The summed E-state index contributed by atoms with van der Waals surface area (Å²) < 4.78 is 11.9. The molecule has 178 valence electrons. The van der Waals surface area contributed by atoms with Crippen molar-refractivity contribution in [1.82, 2.24) is 14.5 Å². The minimum absolute atomic E-state index is 0.161. The van der Waals surface area contributed by atoms with Crippen molar-refractivity contribution in [3.63, 3.8) is 0 Å². The molecule has 1 aliphatic rings. The zero-order chi connectivity index (χ0) is 24.2. The SMILES string of the molecule is COc1cc(OC)c(NC(=O)Cn2c(C)nc3c(c2=O)CCN(Cc2ccccc2)C3)cc1Cl. The van der Waals surface area contributed by atoms with Crippen molar-refractivity contribution in [2.45, 2.75) is 33.0 Å². The molecule has 1 aromatic heterocycles. The second-order valence-electron chi connectivity index (χ2n) is 8.16. The van der Waals surface area contributed by atoms with Crippen molar-refractivity contribution in [2.24, 2.45) is 0 Å². The minimum atomic E-state index is -0.381. The Morgan fingerprint density at radius 3 is 2.59 bits per heavy atom. The van der Waals surface area contributed by atoms with E-state index in [1.807, 2.05) is 18.2 Å². The number of carbonyl (C=O) groups excluding carboxylic acids is 1. The molecular formula is C25H27ClN4O4. The quantitative estimate of drug-likeness (QED) is 0.555. The molecule has 1 aliphatic heterocycles. The lowest BCUT2D eigenvalue weighted by Crippen LogP contribution is -2.39. The molecule has 9 heteroatoms. The normalized spacial score (nSPS) is 13.3. The van der Waals surface area contributed by atoms with Crippen LogP contribution in [0, 0.1) is 6.92 Å². The van der Waals surface area contributed by atoms with E-state index < -0.39 is 0 Å². The summed E-state index contributed by atoms with van der Waals surface area (Å²) in [5.41, 5.74) is 2.91. The van der Waals surface area contributed by atoms with E-state index in [0.717, 1.165) is 18.8 Å². The Bertz CT molecular complexity index is 1260. The largest absolute Gasteiger partial charge is 0.495 e. The molecule has 3 aromatic rings. The fourth-order valence-electron chi connectivity index (χ4n) is 4.15. The highest BCUT2D eigenvalue weighted by molar-refractivity contribution is 6.32. The van der Waals surface area contributed by atoms with E-state index in [-0.39, 0.29) is 18.0 Å². The van der Waals surface area contributed by atoms with Gasteiger partial charge in [-0.25, -0.2) is 4.98 Å². The minimum Gasteiger partial charge on any atom is -0.495 e. The van der Waals surface area contributed by atoms with E-state index >= 15 is 0 Å². The molecule has 0 saturated heterocycles. The predicted molar refractivity (Wildman–Crippen MR) is 131 cm³/mol. The second kappa shape index (κ2) is 10.3. The molecule has 4 rings (SSSR count). The Morgan fingerprint density at radius 2 is 1.88 bits per heavy atom. The average molecular weight is 483 g/mol. The van der Waals surface area contributed by atoms with Gasteiger partial charge >= 0.3 is 0 Å². The number of ether oxygens (including phenoxy) is 2. The fraction of sp³-hybridized carbons (Fsp3) is 0.320. The number of rotatable bonds is 7. The first-order valence-corrected chi connectivity index (χ1v) is 11.3. The molecule has 0 fully saturated rings. The number of aryl methyl sites for hydroxylation is 1. The molecule has 0 saturated carbocycles. The van der Waals surface area contributed by atoms with Gasteiger partial charge in [0, 0.05) is 31.3 Å². The molecule has 34 heavy (non-hydrogen) atoms. The van der Waals surface area contributed by atoms with Crippen LogP contribution in [0.4, 0.5) is 5.69 Å². The van der Waals surface area contributed by atoms with Crippen molar-refractivity contribution in [1.29, 1.82) is 0 Å². The summed E-state index contributed by atoms with van der Waals surface area (Å²) in [5.74, 6) is 0.956. The van der Waals surface area contributed by atoms with Crippen molar-refractivity contribution >= 4 is 23.2 Å². The van der Waals surface area contributed by atoms with Gasteiger partial charge in [-0.2, -0.15) is 0 Å². The summed E-state index contributed by atoms with van der Waals surface area (Å²) >= 11 is 6.19. The topological polar surface area (TPSA) is 85.7 Å². The monoisotopic (exact) mass is 482 g/mol. The van der Waals surface area contributed by atoms with Crippen molar-refractivity contribution < 1.29 is 14.3 Å². The van der Waals surface area contributed by atoms with Gasteiger partial charge in [0.25, 0.3) is 5.56 Å². The summed E-state index contributed by atoms with van der Waals surface area (Å²) in [6, 6.07) is 13.4. The number of aromatic nitrogens is 2. The van der Waals surface area contributed by atoms with Crippen LogP contribution in [-0.2, 0) is 30.8 Å². The first-order valence-electron chi connectivity index (χ1n) is 11.0. The molecular weight excluding hydrogens is 456 g/mol. The van der Waals surface area contributed by atoms with Gasteiger partial charge in [0.1, 0.15) is 23.9 Å². The highest BCUT2D eigenvalue weighted by Gasteiger charge is 2.23. The Kier molecular flexibility index (Phi) is 7.19. The average Bonchev–Trinajstić information content (AvgIpc) is 2.82. The first-order chi connectivity index (χ1) is 16.4. The van der Waals surface area contributed by atoms with Gasteiger partial charge < -0.3 is 14.8 Å². The van der Waals surface area contributed by atoms with Crippen molar-refractivity contribution in [3.8, 4) is 11.5 Å². The molecule has 0 bridgehead atoms. The Balaban J connectivity index is 1.50. The number of halogens is 1. The van der Waals surface area contributed by atoms with E-state index in [4.69, 9.17) is 21.1 Å². The van der Waals surface area contributed by atoms with Gasteiger partial charge in [0.2, 0.25) is 5.91 Å². The molecule has 0 radical (unpaired) electrons. The molecule has 0 spiro atoms. The van der Waals surface area contributed by atoms with Gasteiger partial charge in [0.15, 0.2) is 0 Å². The molecule has 0 atom stereocenters. The highest BCUT2D eigenvalue weighted by atomic mass is 35.5. The Morgan fingerprint density at radius 1 is 1.15 bits per heavy atom. The number of fused-ring (bicyclic) bond motifs is 1. The summed E-state index contributed by atoms with van der Waals surface area (Å²) in [6.45, 7) is 3.75. The van der Waals surface area contributed by atoms with Crippen LogP contribution in [0.5, 0.6) is 11.5 Å². The number of methoxy groups -OCH3 is 2. The van der Waals surface area contributed by atoms with Crippen LogP contribution < -0.4 is 20.3 Å². The van der Waals surface area contributed by atoms with Crippen LogP contribution in [-0.4, -0.2) is 41.1 Å². The standard InChI is InChI=1S/C25H27ClN4O4/c1-16-27-21-14-29(13-17-7-5-4-6-8-17)10-9-18(21)25(32)30(16)15-24(31)28-20-11-19(26)22(33-2)12-23(20)34-3/h4-8,11-12H,9-10,13-15H2,1-3H3,(H,28,31). The number of nitrogens with zero attached hydrogens (tertiary/aromatic N) is 3. The van der Waals surface area contributed by atoms with Crippen molar-refractivity contribution in [3.05, 3.63) is 80.5 Å². The maximum Gasteiger partial charge on any atom is 0.257 e. The zero-order valence-electron chi connectivity index (χ0n) is 19.4. The predicted octanol–water partition coefficient (Wildman–Crippen LogP) is 3.42. The van der Waals surface area contributed by atoms with Crippen LogP contribution in [0.3, 0.4) is 0 Å². The molecule has 0 unspecified atom stereocenters. The lowest BCUT2D eigenvalue weighted by molar-refractivity contribution is -0.116. The number of carbonyl (C=O) groups is 1. The lowest BCUT2D eigenvalue weighted by atomic mass is 10.1. The number of hydrogen-bond donors (Lipinski definition) is 1. The Labute approximate surface area is 203 Å². The lowest BCUT2D eigenvalue weighted by Gasteiger charge is -2.28. The third-order valence-corrected chi connectivity index (χ3v) is 6.18. The van der Waals surface area contributed by atoms with Gasteiger partial charge in [-0.3, -0.25) is 19.1 Å². The van der Waals surface area contributed by atoms with E-state index in [2.05, 4.69) is 27.3 Å². The third kappa shape index (κ3) is 5.08. The van der Waals surface area contributed by atoms with E-state index in [0.29, 0.717) is 46.6 Å². The number of anilines is 1. The van der Waals surface area contributed by atoms with E-state index in [1.54, 1.807) is 19.1 Å². The van der Waals surface area contributed by atoms with Gasteiger partial charge in [0.05, 0.1) is 30.6 Å². The number of benzene rings is 2. The van der Waals surface area contributed by atoms with E-state index in [9.17, 15) is 9.59 Å². The summed E-state index contributed by atoms with van der Waals surface area (Å²) in [7, 11) is 2.99. The molecule has 0 aliphatic carbocycles. The maximum absolute atomic E-state index is 13.2. The smallest absolute Gasteiger partial charge is 0.257 e. The fourth-order valence-corrected chi connectivity index (χ4v) is 4.39. The molecule has 2 heterocycles. The Hall–Kier alpha value is -3.36. The molecule has 1 amide bonds. The van der Waals surface area contributed by atoms with Crippen LogP contribution in [0.2, 0.25) is 5.02 Å². The maximum atomic E-state index is 13.2. The van der Waals surface area contributed by atoms with Gasteiger partial charge in [-0.1, -0.05) is 41.9 Å². The molecule has 8 nitrogen and oxygen atoms in total. The van der Waals surface area contributed by atoms with Gasteiger partial charge in [-0.05, 0) is 25.0 Å². The zero-order valence-corrected chi connectivity index (χ0v) is 20.2. The number of nitrogens with one attached hydrogen (secondary N) is 1. The number of amides is 1. The summed E-state index contributed by atoms with van der Waals surface area (Å²) in [4.78, 5) is 33.0. The van der Waals surface area contributed by atoms with Crippen LogP contribution in [0.25, 0.3) is 0 Å². The van der Waals surface area contributed by atoms with Crippen LogP contribution in [0.15, 0.2) is 47.3 Å². The van der Waals surface area contributed by atoms with Crippen LogP contribution >= 0.6 is 11.6 Å². The first kappa shape index (κ1) is 23.8. The van der Waals surface area contributed by atoms with Crippen LogP contribution in [0.1, 0.15) is 22.6 Å². The summed E-state index contributed by atoms with van der Waals surface area (Å²) in [5, 5.41) is 3.11. The summed E-state index contributed by atoms with van der Waals surface area (Å²) in [6.07, 6.45) is 0.595. The van der Waals surface area contributed by atoms with Crippen molar-refractivity contribution in [2.75, 3.05) is 26.1 Å². The number of hydrogen-bond acceptors (Lipinski definition) is 6. The third-order valence-electron chi connectivity index (χ3n) is 5.89. The van der Waals surface area contributed by atoms with E-state index in [1.165, 1.54) is 24.4 Å². The second-order valence-corrected chi connectivity index (χ2v) is 8.56. The molecule has 2 aromatic carbocycles.